The monoisotopic (exact) mass is 360 g/mol. The number of rotatable bonds is 6. The molecule has 7 heteroatoms. The van der Waals surface area contributed by atoms with Gasteiger partial charge in [-0.15, -0.1) is 0 Å². The van der Waals surface area contributed by atoms with Crippen molar-refractivity contribution in [1.82, 2.24) is 0 Å². The molecule has 0 saturated carbocycles. The molecule has 0 bridgehead atoms. The molecule has 6 nitrogen and oxygen atoms in total. The molecule has 0 aromatic heterocycles. The molecule has 0 heterocycles. The van der Waals surface area contributed by atoms with Gasteiger partial charge in [0.2, 0.25) is 11.8 Å². The van der Waals surface area contributed by atoms with Crippen molar-refractivity contribution in [3.05, 3.63) is 60.2 Å². The van der Waals surface area contributed by atoms with Crippen molar-refractivity contribution in [1.29, 1.82) is 0 Å². The highest BCUT2D eigenvalue weighted by molar-refractivity contribution is 7.93. The first-order valence-electron chi connectivity index (χ1n) is 7.72. The number of anilines is 2. The number of benzene rings is 2. The summed E-state index contributed by atoms with van der Waals surface area (Å²) in [5, 5.41) is 3.71. The van der Waals surface area contributed by atoms with Crippen molar-refractivity contribution >= 4 is 33.0 Å². The average molecular weight is 360 g/mol. The quantitative estimate of drug-likeness (QED) is 0.827. The number of aryl methyl sites for hydroxylation is 1. The van der Waals surface area contributed by atoms with E-state index in [0.717, 1.165) is 5.56 Å². The lowest BCUT2D eigenvalue weighted by molar-refractivity contribution is -0.115. The Morgan fingerprint density at radius 2 is 1.48 bits per heavy atom. The van der Waals surface area contributed by atoms with E-state index in [1.165, 1.54) is 6.92 Å². The maximum absolute atomic E-state index is 12.3. The molecule has 0 spiro atoms. The third kappa shape index (κ3) is 5.42. The van der Waals surface area contributed by atoms with E-state index in [1.807, 2.05) is 6.92 Å². The number of carbonyl (C=O) groups is 2. The molecule has 132 valence electrons. The van der Waals surface area contributed by atoms with Gasteiger partial charge in [-0.05, 0) is 38.1 Å². The molecule has 0 radical (unpaired) electrons. The Morgan fingerprint density at radius 1 is 0.920 bits per heavy atom. The van der Waals surface area contributed by atoms with Crippen LogP contribution in [-0.4, -0.2) is 31.2 Å². The number of hydrogen-bond acceptors (Lipinski definition) is 4. The molecule has 0 saturated heterocycles. The van der Waals surface area contributed by atoms with Gasteiger partial charge < -0.3 is 10.6 Å². The van der Waals surface area contributed by atoms with Crippen molar-refractivity contribution < 1.29 is 18.0 Å². The number of carbonyl (C=O) groups excluding carboxylic acids is 2. The highest BCUT2D eigenvalue weighted by Crippen LogP contribution is 2.12. The number of nitrogens with one attached hydrogen (secondary N) is 2. The first kappa shape index (κ1) is 18.7. The lowest BCUT2D eigenvalue weighted by Gasteiger charge is -2.13. The zero-order chi connectivity index (χ0) is 18.4. The fourth-order valence-corrected chi connectivity index (χ4v) is 3.14. The normalized spacial score (nSPS) is 12.2. The third-order valence-corrected chi connectivity index (χ3v) is 5.57. The molecule has 1 atom stereocenters. The Balaban J connectivity index is 1.98. The van der Waals surface area contributed by atoms with E-state index < -0.39 is 32.7 Å². The molecule has 2 rings (SSSR count). The Morgan fingerprint density at radius 3 is 2.08 bits per heavy atom. The largest absolute Gasteiger partial charge is 0.325 e. The van der Waals surface area contributed by atoms with E-state index in [2.05, 4.69) is 10.6 Å². The van der Waals surface area contributed by atoms with Crippen molar-refractivity contribution in [2.45, 2.75) is 19.1 Å². The zero-order valence-electron chi connectivity index (χ0n) is 14.0. The number of amides is 2. The van der Waals surface area contributed by atoms with Crippen LogP contribution in [0.1, 0.15) is 12.5 Å². The van der Waals surface area contributed by atoms with E-state index in [1.54, 1.807) is 54.6 Å². The molecule has 25 heavy (non-hydrogen) atoms. The first-order chi connectivity index (χ1) is 11.8. The molecule has 2 N–H and O–H groups in total. The van der Waals surface area contributed by atoms with Gasteiger partial charge >= 0.3 is 0 Å². The van der Waals surface area contributed by atoms with Crippen molar-refractivity contribution in [3.8, 4) is 0 Å². The molecule has 0 fully saturated rings. The summed E-state index contributed by atoms with van der Waals surface area (Å²) in [5.74, 6) is -2.11. The zero-order valence-corrected chi connectivity index (χ0v) is 14.8. The van der Waals surface area contributed by atoms with Crippen molar-refractivity contribution in [2.75, 3.05) is 16.4 Å². The SMILES string of the molecule is Cc1ccc(NC(=O)CS(=O)(=O)[C@H](C)C(=O)Nc2ccccc2)cc1. The average Bonchev–Trinajstić information content (AvgIpc) is 2.56. The van der Waals surface area contributed by atoms with Crippen LogP contribution in [0, 0.1) is 6.92 Å². The van der Waals surface area contributed by atoms with Gasteiger partial charge in [-0.3, -0.25) is 9.59 Å². The molecule has 0 unspecified atom stereocenters. The van der Waals surface area contributed by atoms with Crippen LogP contribution in [0.2, 0.25) is 0 Å². The number of sulfone groups is 1. The highest BCUT2D eigenvalue weighted by atomic mass is 32.2. The van der Waals surface area contributed by atoms with Crippen LogP contribution in [0.15, 0.2) is 54.6 Å². The van der Waals surface area contributed by atoms with Gasteiger partial charge in [0.25, 0.3) is 0 Å². The Bertz CT molecular complexity index is 846. The second kappa shape index (κ2) is 7.94. The summed E-state index contributed by atoms with van der Waals surface area (Å²) in [6, 6.07) is 15.5. The summed E-state index contributed by atoms with van der Waals surface area (Å²) in [5.41, 5.74) is 2.03. The molecule has 0 aliphatic heterocycles. The topological polar surface area (TPSA) is 92.3 Å². The third-order valence-electron chi connectivity index (χ3n) is 3.62. The van der Waals surface area contributed by atoms with Crippen LogP contribution < -0.4 is 10.6 Å². The molecular formula is C18H20N2O4S. The van der Waals surface area contributed by atoms with Gasteiger partial charge in [0, 0.05) is 11.4 Å². The molecule has 0 aliphatic carbocycles. The Kier molecular flexibility index (Phi) is 5.93. The Labute approximate surface area is 147 Å². The van der Waals surface area contributed by atoms with Gasteiger partial charge in [0.15, 0.2) is 9.84 Å². The predicted octanol–water partition coefficient (Wildman–Crippen LogP) is 2.38. The summed E-state index contributed by atoms with van der Waals surface area (Å²) in [7, 11) is -3.93. The molecule has 0 aliphatic rings. The molecular weight excluding hydrogens is 340 g/mol. The summed E-state index contributed by atoms with van der Waals surface area (Å²) >= 11 is 0. The van der Waals surface area contributed by atoms with Gasteiger partial charge in [0.1, 0.15) is 11.0 Å². The van der Waals surface area contributed by atoms with Crippen LogP contribution >= 0.6 is 0 Å². The maximum Gasteiger partial charge on any atom is 0.242 e. The van der Waals surface area contributed by atoms with E-state index in [4.69, 9.17) is 0 Å². The lowest BCUT2D eigenvalue weighted by atomic mass is 10.2. The van der Waals surface area contributed by atoms with E-state index in [-0.39, 0.29) is 0 Å². The summed E-state index contributed by atoms with van der Waals surface area (Å²) < 4.78 is 24.6. The predicted molar refractivity (Wildman–Crippen MR) is 98.1 cm³/mol. The smallest absolute Gasteiger partial charge is 0.242 e. The van der Waals surface area contributed by atoms with Crippen molar-refractivity contribution in [3.63, 3.8) is 0 Å². The van der Waals surface area contributed by atoms with Gasteiger partial charge in [-0.2, -0.15) is 0 Å². The molecule has 2 aromatic rings. The Hall–Kier alpha value is -2.67. The van der Waals surface area contributed by atoms with Crippen LogP contribution in [0.5, 0.6) is 0 Å². The van der Waals surface area contributed by atoms with Crippen LogP contribution in [0.3, 0.4) is 0 Å². The number of hydrogen-bond donors (Lipinski definition) is 2. The lowest BCUT2D eigenvalue weighted by Crippen LogP contribution is -2.37. The first-order valence-corrected chi connectivity index (χ1v) is 9.43. The van der Waals surface area contributed by atoms with Crippen LogP contribution in [0.4, 0.5) is 11.4 Å². The van der Waals surface area contributed by atoms with E-state index in [0.29, 0.717) is 11.4 Å². The second-order valence-corrected chi connectivity index (χ2v) is 8.04. The highest BCUT2D eigenvalue weighted by Gasteiger charge is 2.30. The molecule has 2 aromatic carbocycles. The summed E-state index contributed by atoms with van der Waals surface area (Å²) in [4.78, 5) is 24.1. The second-order valence-electron chi connectivity index (χ2n) is 5.72. The molecule has 2 amide bonds. The fourth-order valence-electron chi connectivity index (χ4n) is 2.07. The van der Waals surface area contributed by atoms with Crippen LogP contribution in [-0.2, 0) is 19.4 Å². The van der Waals surface area contributed by atoms with Crippen LogP contribution in [0.25, 0.3) is 0 Å². The number of para-hydroxylation sites is 1. The maximum atomic E-state index is 12.3. The standard InChI is InChI=1S/C18H20N2O4S/c1-13-8-10-16(11-9-13)19-17(21)12-25(23,24)14(2)18(22)20-15-6-4-3-5-7-15/h3-11,14H,12H2,1-2H3,(H,19,21)(H,20,22)/t14-/m1/s1. The fraction of sp³-hybridized carbons (Fsp3) is 0.222. The minimum atomic E-state index is -3.93. The summed E-state index contributed by atoms with van der Waals surface area (Å²) in [6.07, 6.45) is 0. The minimum absolute atomic E-state index is 0.499. The minimum Gasteiger partial charge on any atom is -0.325 e. The van der Waals surface area contributed by atoms with Gasteiger partial charge in [-0.1, -0.05) is 35.9 Å². The van der Waals surface area contributed by atoms with Gasteiger partial charge in [0.05, 0.1) is 0 Å². The van der Waals surface area contributed by atoms with E-state index >= 15 is 0 Å². The summed E-state index contributed by atoms with van der Waals surface area (Å²) in [6.45, 7) is 3.18. The van der Waals surface area contributed by atoms with Crippen molar-refractivity contribution in [2.24, 2.45) is 0 Å². The van der Waals surface area contributed by atoms with Gasteiger partial charge in [-0.25, -0.2) is 8.42 Å². The van der Waals surface area contributed by atoms with E-state index in [9.17, 15) is 18.0 Å².